The molecular weight excluding hydrogens is 243 g/mol. The van der Waals surface area contributed by atoms with Gasteiger partial charge in [0.15, 0.2) is 0 Å². The fraction of sp³-hybridized carbons (Fsp3) is 0.231. The minimum atomic E-state index is -4.46. The lowest BCUT2D eigenvalue weighted by Gasteiger charge is -2.33. The van der Waals surface area contributed by atoms with Gasteiger partial charge in [-0.3, -0.25) is 9.78 Å². The van der Waals surface area contributed by atoms with Crippen LogP contribution < -0.4 is 0 Å². The summed E-state index contributed by atoms with van der Waals surface area (Å²) in [6.07, 6.45) is 0.596. The largest absolute Gasteiger partial charge is 0.403 e. The van der Waals surface area contributed by atoms with E-state index in [1.807, 2.05) is 0 Å². The fourth-order valence-electron chi connectivity index (χ4n) is 1.91. The second-order valence-corrected chi connectivity index (χ2v) is 4.04. The zero-order valence-electron chi connectivity index (χ0n) is 9.32. The number of allylic oxidation sites excluding steroid dienone is 4. The molecule has 0 aliphatic heterocycles. The molecule has 0 bridgehead atoms. The Balaban J connectivity index is 2.50. The molecular formula is C13H10F3NO. The first kappa shape index (κ1) is 12.5. The van der Waals surface area contributed by atoms with Crippen molar-refractivity contribution in [2.45, 2.75) is 18.0 Å². The van der Waals surface area contributed by atoms with E-state index in [4.69, 9.17) is 0 Å². The number of aromatic nitrogens is 1. The van der Waals surface area contributed by atoms with Gasteiger partial charge in [0.25, 0.3) is 0 Å². The number of alkyl halides is 3. The molecule has 18 heavy (non-hydrogen) atoms. The van der Waals surface area contributed by atoms with Crippen LogP contribution in [0.4, 0.5) is 13.2 Å². The van der Waals surface area contributed by atoms with E-state index < -0.39 is 11.6 Å². The molecule has 0 saturated carbocycles. The third-order valence-corrected chi connectivity index (χ3v) is 2.98. The number of carbonyl (C=O) groups excluding carboxylic acids is 1. The molecule has 0 N–H and O–H groups in total. The average Bonchev–Trinajstić information content (AvgIpc) is 2.38. The van der Waals surface area contributed by atoms with Crippen LogP contribution in [0.15, 0.2) is 48.2 Å². The highest BCUT2D eigenvalue weighted by Crippen LogP contribution is 2.46. The molecule has 1 aliphatic rings. The van der Waals surface area contributed by atoms with Crippen LogP contribution in [-0.4, -0.2) is 17.4 Å². The van der Waals surface area contributed by atoms with E-state index >= 15 is 0 Å². The van der Waals surface area contributed by atoms with Gasteiger partial charge in [-0.05, 0) is 18.6 Å². The first-order chi connectivity index (χ1) is 8.49. The predicted molar refractivity (Wildman–Crippen MR) is 59.9 cm³/mol. The normalized spacial score (nSPS) is 23.6. The van der Waals surface area contributed by atoms with E-state index in [0.717, 1.165) is 6.08 Å². The minimum Gasteiger partial charge on any atom is -0.298 e. The molecule has 0 radical (unpaired) electrons. The summed E-state index contributed by atoms with van der Waals surface area (Å²) in [5, 5.41) is 0. The smallest absolute Gasteiger partial charge is 0.298 e. The average molecular weight is 253 g/mol. The van der Waals surface area contributed by atoms with Crippen LogP contribution in [0.1, 0.15) is 12.1 Å². The van der Waals surface area contributed by atoms with Gasteiger partial charge in [-0.15, -0.1) is 0 Å². The van der Waals surface area contributed by atoms with Gasteiger partial charge in [0.2, 0.25) is 0 Å². The maximum Gasteiger partial charge on any atom is 0.403 e. The van der Waals surface area contributed by atoms with Gasteiger partial charge in [0, 0.05) is 11.8 Å². The SMILES string of the molecule is O=CC1=CCC(c2ccccn2)(C(F)(F)F)C=C1. The quantitative estimate of drug-likeness (QED) is 0.758. The van der Waals surface area contributed by atoms with Gasteiger partial charge in [-0.2, -0.15) is 13.2 Å². The highest BCUT2D eigenvalue weighted by Gasteiger charge is 2.55. The Hall–Kier alpha value is -1.91. The predicted octanol–water partition coefficient (Wildman–Crippen LogP) is 2.97. The maximum atomic E-state index is 13.3. The molecule has 1 atom stereocenters. The van der Waals surface area contributed by atoms with Crippen molar-refractivity contribution in [2.24, 2.45) is 0 Å². The van der Waals surface area contributed by atoms with Crippen molar-refractivity contribution in [3.63, 3.8) is 0 Å². The molecule has 2 rings (SSSR count). The van der Waals surface area contributed by atoms with Crippen LogP contribution >= 0.6 is 0 Å². The topological polar surface area (TPSA) is 30.0 Å². The van der Waals surface area contributed by atoms with Gasteiger partial charge in [0.1, 0.15) is 11.7 Å². The molecule has 5 heteroatoms. The number of carbonyl (C=O) groups is 1. The first-order valence-electron chi connectivity index (χ1n) is 5.32. The Morgan fingerprint density at radius 1 is 1.33 bits per heavy atom. The standard InChI is InChI=1S/C13H10F3NO/c14-13(15,16)12(11-3-1-2-8-17-11)6-4-10(9-18)5-7-12/h1-6,8-9H,7H2. The number of hydrogen-bond donors (Lipinski definition) is 0. The fourth-order valence-corrected chi connectivity index (χ4v) is 1.91. The van der Waals surface area contributed by atoms with E-state index in [-0.39, 0.29) is 17.7 Å². The maximum absolute atomic E-state index is 13.3. The second kappa shape index (κ2) is 4.40. The van der Waals surface area contributed by atoms with Crippen LogP contribution in [0.3, 0.4) is 0 Å². The van der Waals surface area contributed by atoms with Crippen molar-refractivity contribution in [1.82, 2.24) is 4.98 Å². The highest BCUT2D eigenvalue weighted by atomic mass is 19.4. The van der Waals surface area contributed by atoms with Crippen molar-refractivity contribution in [3.8, 4) is 0 Å². The molecule has 1 aliphatic carbocycles. The molecule has 0 fully saturated rings. The van der Waals surface area contributed by atoms with Crippen LogP contribution in [0, 0.1) is 0 Å². The lowest BCUT2D eigenvalue weighted by Crippen LogP contribution is -2.42. The molecule has 0 amide bonds. The summed E-state index contributed by atoms with van der Waals surface area (Å²) in [6, 6.07) is 4.42. The van der Waals surface area contributed by atoms with E-state index in [9.17, 15) is 18.0 Å². The summed E-state index contributed by atoms with van der Waals surface area (Å²) in [4.78, 5) is 14.3. The molecule has 0 aromatic carbocycles. The third kappa shape index (κ3) is 1.96. The zero-order valence-corrected chi connectivity index (χ0v) is 9.32. The summed E-state index contributed by atoms with van der Waals surface area (Å²) in [6.45, 7) is 0. The van der Waals surface area contributed by atoms with Crippen LogP contribution in [-0.2, 0) is 10.2 Å². The molecule has 0 spiro atoms. The molecule has 2 nitrogen and oxygen atoms in total. The zero-order chi connectivity index (χ0) is 13.2. The minimum absolute atomic E-state index is 0.0602. The van der Waals surface area contributed by atoms with Gasteiger partial charge < -0.3 is 0 Å². The van der Waals surface area contributed by atoms with Crippen molar-refractivity contribution in [2.75, 3.05) is 0 Å². The van der Waals surface area contributed by atoms with Gasteiger partial charge in [-0.1, -0.05) is 24.3 Å². The highest BCUT2D eigenvalue weighted by molar-refractivity contribution is 5.78. The molecule has 1 heterocycles. The van der Waals surface area contributed by atoms with Crippen LogP contribution in [0.5, 0.6) is 0 Å². The van der Waals surface area contributed by atoms with E-state index in [0.29, 0.717) is 6.29 Å². The Morgan fingerprint density at radius 2 is 2.11 bits per heavy atom. The van der Waals surface area contributed by atoms with E-state index in [1.54, 1.807) is 6.07 Å². The lowest BCUT2D eigenvalue weighted by molar-refractivity contribution is -0.176. The van der Waals surface area contributed by atoms with Gasteiger partial charge in [-0.25, -0.2) is 0 Å². The van der Waals surface area contributed by atoms with E-state index in [2.05, 4.69) is 4.98 Å². The summed E-state index contributed by atoms with van der Waals surface area (Å²) in [7, 11) is 0. The first-order valence-corrected chi connectivity index (χ1v) is 5.32. The van der Waals surface area contributed by atoms with Crippen LogP contribution in [0.2, 0.25) is 0 Å². The summed E-state index contributed by atoms with van der Waals surface area (Å²) in [5.74, 6) is 0. The second-order valence-electron chi connectivity index (χ2n) is 4.04. The number of aldehydes is 1. The number of rotatable bonds is 2. The summed E-state index contributed by atoms with van der Waals surface area (Å²) < 4.78 is 39.9. The van der Waals surface area contributed by atoms with Crippen LogP contribution in [0.25, 0.3) is 0 Å². The Bertz CT molecular complexity index is 505. The third-order valence-electron chi connectivity index (χ3n) is 2.98. The number of hydrogen-bond acceptors (Lipinski definition) is 2. The number of halogens is 3. The molecule has 1 aromatic heterocycles. The monoisotopic (exact) mass is 253 g/mol. The van der Waals surface area contributed by atoms with E-state index in [1.165, 1.54) is 30.5 Å². The number of pyridine rings is 1. The van der Waals surface area contributed by atoms with Crippen molar-refractivity contribution in [1.29, 1.82) is 0 Å². The Kier molecular flexibility index (Phi) is 3.07. The van der Waals surface area contributed by atoms with Crippen molar-refractivity contribution >= 4 is 6.29 Å². The van der Waals surface area contributed by atoms with Crippen molar-refractivity contribution < 1.29 is 18.0 Å². The summed E-state index contributed by atoms with van der Waals surface area (Å²) >= 11 is 0. The Morgan fingerprint density at radius 3 is 2.56 bits per heavy atom. The molecule has 1 aromatic rings. The van der Waals surface area contributed by atoms with Gasteiger partial charge >= 0.3 is 6.18 Å². The molecule has 0 saturated heterocycles. The van der Waals surface area contributed by atoms with Gasteiger partial charge in [0.05, 0.1) is 5.69 Å². The Labute approximate surface area is 102 Å². The molecule has 1 unspecified atom stereocenters. The molecule has 94 valence electrons. The van der Waals surface area contributed by atoms with Crippen molar-refractivity contribution in [3.05, 3.63) is 53.9 Å². The summed E-state index contributed by atoms with van der Waals surface area (Å²) in [5.41, 5.74) is -1.94. The lowest BCUT2D eigenvalue weighted by atomic mass is 9.76. The number of nitrogens with zero attached hydrogens (tertiary/aromatic N) is 1.